The van der Waals surface area contributed by atoms with Crippen LogP contribution in [0.1, 0.15) is 38.7 Å². The maximum absolute atomic E-state index is 5.75. The second-order valence-corrected chi connectivity index (χ2v) is 8.42. The minimum atomic E-state index is 0.0309. The molecular formula is C21H21N3S2. The van der Waals surface area contributed by atoms with Crippen molar-refractivity contribution >= 4 is 34.4 Å². The second kappa shape index (κ2) is 6.82. The molecule has 0 amide bonds. The lowest BCUT2D eigenvalue weighted by atomic mass is 10.0. The molecule has 1 saturated heterocycles. The van der Waals surface area contributed by atoms with E-state index in [2.05, 4.69) is 72.4 Å². The monoisotopic (exact) mass is 379 g/mol. The summed E-state index contributed by atoms with van der Waals surface area (Å²) in [4.78, 5) is 9.43. The summed E-state index contributed by atoms with van der Waals surface area (Å²) in [5.74, 6) is 0. The van der Waals surface area contributed by atoms with Gasteiger partial charge in [-0.2, -0.15) is 0 Å². The van der Waals surface area contributed by atoms with E-state index in [1.54, 1.807) is 0 Å². The van der Waals surface area contributed by atoms with Crippen LogP contribution in [-0.2, 0) is 0 Å². The molecule has 1 aliphatic heterocycles. The van der Waals surface area contributed by atoms with Gasteiger partial charge in [0.15, 0.2) is 5.11 Å². The predicted molar refractivity (Wildman–Crippen MR) is 113 cm³/mol. The van der Waals surface area contributed by atoms with Gasteiger partial charge in [0.05, 0.1) is 17.8 Å². The Hall–Kier alpha value is -2.24. The number of hydrogen-bond donors (Lipinski definition) is 1. The highest BCUT2D eigenvalue weighted by Gasteiger charge is 2.41. The molecule has 26 heavy (non-hydrogen) atoms. The van der Waals surface area contributed by atoms with E-state index in [0.29, 0.717) is 0 Å². The molecule has 3 nitrogen and oxygen atoms in total. The second-order valence-electron chi connectivity index (χ2n) is 6.71. The first-order valence-corrected chi connectivity index (χ1v) is 9.91. The number of hydrogen-bond acceptors (Lipinski definition) is 3. The molecule has 2 atom stereocenters. The summed E-state index contributed by atoms with van der Waals surface area (Å²) >= 11 is 7.57. The fourth-order valence-corrected chi connectivity index (χ4v) is 4.76. The van der Waals surface area contributed by atoms with Crippen LogP contribution in [0.25, 0.3) is 0 Å². The summed E-state index contributed by atoms with van der Waals surface area (Å²) < 4.78 is 0. The van der Waals surface area contributed by atoms with Gasteiger partial charge in [0, 0.05) is 21.6 Å². The van der Waals surface area contributed by atoms with Gasteiger partial charge in [0.2, 0.25) is 0 Å². The molecule has 0 bridgehead atoms. The topological polar surface area (TPSA) is 28.2 Å². The van der Waals surface area contributed by atoms with E-state index in [1.165, 1.54) is 20.9 Å². The molecular weight excluding hydrogens is 358 g/mol. The molecule has 0 aliphatic carbocycles. The van der Waals surface area contributed by atoms with E-state index >= 15 is 0 Å². The Morgan fingerprint density at radius 3 is 2.54 bits per heavy atom. The van der Waals surface area contributed by atoms with Gasteiger partial charge in [-0.05, 0) is 80.5 Å². The van der Waals surface area contributed by atoms with Crippen molar-refractivity contribution < 1.29 is 0 Å². The highest BCUT2D eigenvalue weighted by atomic mass is 32.1. The number of aryl methyl sites for hydroxylation is 3. The van der Waals surface area contributed by atoms with Crippen LogP contribution in [0.3, 0.4) is 0 Å². The first-order chi connectivity index (χ1) is 12.5. The van der Waals surface area contributed by atoms with Gasteiger partial charge < -0.3 is 10.2 Å². The zero-order valence-corrected chi connectivity index (χ0v) is 16.7. The van der Waals surface area contributed by atoms with E-state index in [9.17, 15) is 0 Å². The van der Waals surface area contributed by atoms with Crippen molar-refractivity contribution in [2.45, 2.75) is 32.9 Å². The SMILES string of the molecule is Cc1ccc([C@@H]2[C@@H](c3ccccn3)NC(=S)N2c2ccc(C)c(C)c2)s1. The minimum Gasteiger partial charge on any atom is -0.351 e. The van der Waals surface area contributed by atoms with Crippen molar-refractivity contribution in [3.8, 4) is 0 Å². The zero-order chi connectivity index (χ0) is 18.3. The number of rotatable bonds is 3. The van der Waals surface area contributed by atoms with Gasteiger partial charge in [0.1, 0.15) is 0 Å². The summed E-state index contributed by atoms with van der Waals surface area (Å²) in [6, 6.07) is 17.1. The lowest BCUT2D eigenvalue weighted by Gasteiger charge is -2.27. The minimum absolute atomic E-state index is 0.0309. The molecule has 3 aromatic rings. The number of aromatic nitrogens is 1. The van der Waals surface area contributed by atoms with E-state index < -0.39 is 0 Å². The first-order valence-electron chi connectivity index (χ1n) is 8.69. The van der Waals surface area contributed by atoms with Crippen LogP contribution in [0.4, 0.5) is 5.69 Å². The van der Waals surface area contributed by atoms with E-state index in [4.69, 9.17) is 12.2 Å². The fourth-order valence-electron chi connectivity index (χ4n) is 3.41. The molecule has 0 radical (unpaired) electrons. The van der Waals surface area contributed by atoms with E-state index in [-0.39, 0.29) is 12.1 Å². The van der Waals surface area contributed by atoms with Gasteiger partial charge in [0.25, 0.3) is 0 Å². The maximum Gasteiger partial charge on any atom is 0.174 e. The number of benzene rings is 1. The average molecular weight is 380 g/mol. The Kier molecular flexibility index (Phi) is 4.51. The third kappa shape index (κ3) is 3.02. The van der Waals surface area contributed by atoms with Crippen LogP contribution in [0.2, 0.25) is 0 Å². The zero-order valence-electron chi connectivity index (χ0n) is 15.1. The number of anilines is 1. The van der Waals surface area contributed by atoms with Crippen molar-refractivity contribution in [1.82, 2.24) is 10.3 Å². The smallest absolute Gasteiger partial charge is 0.174 e. The highest BCUT2D eigenvalue weighted by Crippen LogP contribution is 2.43. The van der Waals surface area contributed by atoms with Crippen molar-refractivity contribution in [2.24, 2.45) is 0 Å². The Morgan fingerprint density at radius 2 is 1.88 bits per heavy atom. The third-order valence-electron chi connectivity index (χ3n) is 4.92. The van der Waals surface area contributed by atoms with E-state index in [1.807, 2.05) is 29.7 Å². The first kappa shape index (κ1) is 17.2. The summed E-state index contributed by atoms with van der Waals surface area (Å²) in [7, 11) is 0. The molecule has 1 aromatic carbocycles. The number of nitrogens with one attached hydrogen (secondary N) is 1. The molecule has 0 saturated carbocycles. The largest absolute Gasteiger partial charge is 0.351 e. The molecule has 3 heterocycles. The van der Waals surface area contributed by atoms with Crippen molar-refractivity contribution in [3.63, 3.8) is 0 Å². The Balaban J connectivity index is 1.83. The number of nitrogens with zero attached hydrogens (tertiary/aromatic N) is 2. The van der Waals surface area contributed by atoms with Gasteiger partial charge in [-0.15, -0.1) is 11.3 Å². The average Bonchev–Trinajstić information content (AvgIpc) is 3.21. The lowest BCUT2D eigenvalue weighted by molar-refractivity contribution is 0.575. The lowest BCUT2D eigenvalue weighted by Crippen LogP contribution is -2.29. The molecule has 5 heteroatoms. The van der Waals surface area contributed by atoms with Gasteiger partial charge >= 0.3 is 0 Å². The van der Waals surface area contributed by atoms with Gasteiger partial charge in [-0.25, -0.2) is 0 Å². The van der Waals surface area contributed by atoms with Crippen LogP contribution in [-0.4, -0.2) is 10.1 Å². The number of thiocarbonyl (C=S) groups is 1. The Morgan fingerprint density at radius 1 is 1.04 bits per heavy atom. The summed E-state index contributed by atoms with van der Waals surface area (Å²) in [6.45, 7) is 6.42. The number of pyridine rings is 1. The summed E-state index contributed by atoms with van der Waals surface area (Å²) in [5.41, 5.74) is 4.70. The summed E-state index contributed by atoms with van der Waals surface area (Å²) in [6.07, 6.45) is 1.84. The van der Waals surface area contributed by atoms with Crippen molar-refractivity contribution in [3.05, 3.63) is 81.3 Å². The molecule has 2 aromatic heterocycles. The predicted octanol–water partition coefficient (Wildman–Crippen LogP) is 5.25. The van der Waals surface area contributed by atoms with Crippen LogP contribution >= 0.6 is 23.6 Å². The normalized spacial score (nSPS) is 19.7. The molecule has 1 fully saturated rings. The van der Waals surface area contributed by atoms with E-state index in [0.717, 1.165) is 16.5 Å². The van der Waals surface area contributed by atoms with Crippen LogP contribution in [0.15, 0.2) is 54.7 Å². The molecule has 132 valence electrons. The molecule has 0 unspecified atom stereocenters. The quantitative estimate of drug-likeness (QED) is 0.630. The molecule has 1 aliphatic rings. The maximum atomic E-state index is 5.75. The van der Waals surface area contributed by atoms with Gasteiger partial charge in [-0.3, -0.25) is 4.98 Å². The Labute approximate surface area is 163 Å². The van der Waals surface area contributed by atoms with Crippen molar-refractivity contribution in [1.29, 1.82) is 0 Å². The Bertz CT molecular complexity index is 949. The van der Waals surface area contributed by atoms with Crippen LogP contribution in [0, 0.1) is 20.8 Å². The summed E-state index contributed by atoms with van der Waals surface area (Å²) in [5, 5.41) is 4.26. The van der Waals surface area contributed by atoms with Crippen molar-refractivity contribution in [2.75, 3.05) is 4.90 Å². The molecule has 1 N–H and O–H groups in total. The van der Waals surface area contributed by atoms with Gasteiger partial charge in [-0.1, -0.05) is 12.1 Å². The number of thiophene rings is 1. The fraction of sp³-hybridized carbons (Fsp3) is 0.238. The molecule has 4 rings (SSSR count). The molecule has 0 spiro atoms. The standard InChI is InChI=1S/C21H21N3S2/c1-13-7-9-16(12-14(13)2)24-20(18-10-8-15(3)26-18)19(23-21(24)25)17-6-4-5-11-22-17/h4-12,19-20H,1-3H3,(H,23,25)/t19-,20-/m1/s1. The van der Waals surface area contributed by atoms with Crippen LogP contribution in [0.5, 0.6) is 0 Å². The van der Waals surface area contributed by atoms with Crippen LogP contribution < -0.4 is 10.2 Å². The highest BCUT2D eigenvalue weighted by molar-refractivity contribution is 7.80. The third-order valence-corrected chi connectivity index (χ3v) is 6.31.